The second kappa shape index (κ2) is 7.37. The van der Waals surface area contributed by atoms with Crippen LogP contribution in [0.2, 0.25) is 5.02 Å². The first-order valence-electron chi connectivity index (χ1n) is 9.68. The number of hydrogen-bond donors (Lipinski definition) is 1. The van der Waals surface area contributed by atoms with Crippen LogP contribution in [0.4, 0.5) is 0 Å². The van der Waals surface area contributed by atoms with Crippen LogP contribution < -0.4 is 10.3 Å². The highest BCUT2D eigenvalue weighted by Crippen LogP contribution is 2.25. The average Bonchev–Trinajstić information content (AvgIpc) is 3.41. The summed E-state index contributed by atoms with van der Waals surface area (Å²) in [5.74, 6) is 0.865. The SMILES string of the molecule is O=c1[nH]c2ccc(Cl)cc2cc1-c1cn(-c2ccc(OC3CCCC3)cc2)nn1. The van der Waals surface area contributed by atoms with Crippen LogP contribution >= 0.6 is 11.6 Å². The molecular weight excluding hydrogens is 388 g/mol. The maximum atomic E-state index is 12.5. The zero-order valence-corrected chi connectivity index (χ0v) is 16.4. The molecule has 1 N–H and O–H groups in total. The molecule has 146 valence electrons. The summed E-state index contributed by atoms with van der Waals surface area (Å²) in [5.41, 5.74) is 2.31. The van der Waals surface area contributed by atoms with E-state index in [1.807, 2.05) is 30.3 Å². The van der Waals surface area contributed by atoms with Crippen LogP contribution in [-0.2, 0) is 0 Å². The average molecular weight is 407 g/mol. The second-order valence-electron chi connectivity index (χ2n) is 7.31. The third kappa shape index (κ3) is 3.63. The van der Waals surface area contributed by atoms with Gasteiger partial charge in [-0.3, -0.25) is 4.79 Å². The van der Waals surface area contributed by atoms with Gasteiger partial charge in [0.15, 0.2) is 0 Å². The van der Waals surface area contributed by atoms with Gasteiger partial charge >= 0.3 is 0 Å². The molecule has 0 amide bonds. The van der Waals surface area contributed by atoms with Crippen molar-refractivity contribution in [1.29, 1.82) is 0 Å². The molecule has 1 fully saturated rings. The minimum absolute atomic E-state index is 0.216. The maximum absolute atomic E-state index is 12.5. The van der Waals surface area contributed by atoms with Gasteiger partial charge in [-0.1, -0.05) is 16.8 Å². The first kappa shape index (κ1) is 17.9. The van der Waals surface area contributed by atoms with Gasteiger partial charge in [0.05, 0.1) is 23.6 Å². The number of pyridine rings is 1. The van der Waals surface area contributed by atoms with E-state index in [4.69, 9.17) is 16.3 Å². The van der Waals surface area contributed by atoms with E-state index in [1.54, 1.807) is 29.1 Å². The van der Waals surface area contributed by atoms with Crippen molar-refractivity contribution in [3.05, 3.63) is 70.1 Å². The van der Waals surface area contributed by atoms with Crippen molar-refractivity contribution in [1.82, 2.24) is 20.0 Å². The van der Waals surface area contributed by atoms with Crippen LogP contribution in [0.25, 0.3) is 27.8 Å². The molecule has 6 nitrogen and oxygen atoms in total. The Bertz CT molecular complexity index is 1220. The number of fused-ring (bicyclic) bond motifs is 1. The van der Waals surface area contributed by atoms with E-state index >= 15 is 0 Å². The summed E-state index contributed by atoms with van der Waals surface area (Å²) < 4.78 is 7.65. The normalized spacial score (nSPS) is 14.5. The molecule has 2 aromatic heterocycles. The van der Waals surface area contributed by atoms with E-state index < -0.39 is 0 Å². The molecule has 29 heavy (non-hydrogen) atoms. The number of nitrogens with one attached hydrogen (secondary N) is 1. The number of H-pyrrole nitrogens is 1. The van der Waals surface area contributed by atoms with E-state index in [2.05, 4.69) is 15.3 Å². The van der Waals surface area contributed by atoms with Crippen LogP contribution in [0.1, 0.15) is 25.7 Å². The quantitative estimate of drug-likeness (QED) is 0.530. The Morgan fingerprint density at radius 1 is 1.07 bits per heavy atom. The van der Waals surface area contributed by atoms with Crippen LogP contribution in [0.15, 0.2) is 59.5 Å². The Kier molecular flexibility index (Phi) is 4.56. The van der Waals surface area contributed by atoms with Crippen LogP contribution in [0.3, 0.4) is 0 Å². The van der Waals surface area contributed by atoms with Crippen molar-refractivity contribution in [2.24, 2.45) is 0 Å². The van der Waals surface area contributed by atoms with Gasteiger partial charge in [-0.25, -0.2) is 4.68 Å². The monoisotopic (exact) mass is 406 g/mol. The molecule has 0 unspecified atom stereocenters. The molecule has 2 aromatic carbocycles. The first-order chi connectivity index (χ1) is 14.2. The number of benzene rings is 2. The summed E-state index contributed by atoms with van der Waals surface area (Å²) >= 11 is 6.07. The fourth-order valence-corrected chi connectivity index (χ4v) is 3.94. The summed E-state index contributed by atoms with van der Waals surface area (Å²) in [4.78, 5) is 15.4. The number of hydrogen-bond acceptors (Lipinski definition) is 4. The number of halogens is 1. The predicted molar refractivity (Wildman–Crippen MR) is 113 cm³/mol. The number of rotatable bonds is 4. The number of aromatic amines is 1. The second-order valence-corrected chi connectivity index (χ2v) is 7.75. The maximum Gasteiger partial charge on any atom is 0.258 e. The molecule has 7 heteroatoms. The minimum atomic E-state index is -0.216. The Balaban J connectivity index is 1.42. The number of aromatic nitrogens is 4. The van der Waals surface area contributed by atoms with Crippen molar-refractivity contribution in [2.75, 3.05) is 0 Å². The van der Waals surface area contributed by atoms with E-state index in [1.165, 1.54) is 12.8 Å². The Morgan fingerprint density at radius 2 is 1.86 bits per heavy atom. The first-order valence-corrected chi connectivity index (χ1v) is 10.1. The van der Waals surface area contributed by atoms with Crippen LogP contribution in [-0.4, -0.2) is 26.1 Å². The van der Waals surface area contributed by atoms with Gasteiger partial charge in [-0.15, -0.1) is 5.10 Å². The standard InChI is InChI=1S/C22H19ClN4O2/c23-15-5-10-20-14(11-15)12-19(22(28)24-20)21-13-27(26-25-21)16-6-8-18(9-7-16)29-17-3-1-2-4-17/h5-13,17H,1-4H2,(H,24,28). The Labute approximate surface area is 172 Å². The molecule has 4 aromatic rings. The lowest BCUT2D eigenvalue weighted by molar-refractivity contribution is 0.210. The molecule has 0 bridgehead atoms. The van der Waals surface area contributed by atoms with Gasteiger partial charge in [0.1, 0.15) is 11.4 Å². The van der Waals surface area contributed by atoms with Crippen molar-refractivity contribution >= 4 is 22.5 Å². The molecule has 0 saturated heterocycles. The summed E-state index contributed by atoms with van der Waals surface area (Å²) in [6, 6.07) is 14.9. The highest BCUT2D eigenvalue weighted by atomic mass is 35.5. The minimum Gasteiger partial charge on any atom is -0.490 e. The lowest BCUT2D eigenvalue weighted by Gasteiger charge is -2.13. The Morgan fingerprint density at radius 3 is 2.66 bits per heavy atom. The van der Waals surface area contributed by atoms with E-state index in [0.29, 0.717) is 22.4 Å². The molecule has 0 spiro atoms. The summed E-state index contributed by atoms with van der Waals surface area (Å²) in [6.45, 7) is 0. The molecule has 0 atom stereocenters. The van der Waals surface area contributed by atoms with E-state index in [9.17, 15) is 4.79 Å². The topological polar surface area (TPSA) is 72.8 Å². The van der Waals surface area contributed by atoms with Crippen LogP contribution in [0, 0.1) is 0 Å². The highest BCUT2D eigenvalue weighted by Gasteiger charge is 2.16. The van der Waals surface area contributed by atoms with Crippen molar-refractivity contribution in [3.63, 3.8) is 0 Å². The molecule has 0 radical (unpaired) electrons. The molecule has 5 rings (SSSR count). The smallest absolute Gasteiger partial charge is 0.258 e. The third-order valence-corrected chi connectivity index (χ3v) is 5.52. The Hall–Kier alpha value is -3.12. The van der Waals surface area contributed by atoms with Crippen LogP contribution in [0.5, 0.6) is 5.75 Å². The third-order valence-electron chi connectivity index (χ3n) is 5.28. The number of ether oxygens (including phenoxy) is 1. The molecule has 1 aliphatic rings. The lowest BCUT2D eigenvalue weighted by atomic mass is 10.1. The van der Waals surface area contributed by atoms with Gasteiger partial charge in [0.2, 0.25) is 0 Å². The fraction of sp³-hybridized carbons (Fsp3) is 0.227. The molecule has 1 aliphatic carbocycles. The highest BCUT2D eigenvalue weighted by molar-refractivity contribution is 6.31. The van der Waals surface area contributed by atoms with E-state index in [-0.39, 0.29) is 5.56 Å². The predicted octanol–water partition coefficient (Wildman–Crippen LogP) is 4.75. The van der Waals surface area contributed by atoms with Gasteiger partial charge < -0.3 is 9.72 Å². The van der Waals surface area contributed by atoms with Gasteiger partial charge in [0, 0.05) is 15.9 Å². The molecule has 0 aliphatic heterocycles. The lowest BCUT2D eigenvalue weighted by Crippen LogP contribution is -2.10. The zero-order valence-electron chi connectivity index (χ0n) is 15.6. The van der Waals surface area contributed by atoms with E-state index in [0.717, 1.165) is 35.2 Å². The zero-order chi connectivity index (χ0) is 19.8. The molecule has 2 heterocycles. The van der Waals surface area contributed by atoms with Gasteiger partial charge in [0.25, 0.3) is 5.56 Å². The van der Waals surface area contributed by atoms with Gasteiger partial charge in [-0.2, -0.15) is 0 Å². The van der Waals surface area contributed by atoms with Crippen molar-refractivity contribution in [3.8, 4) is 22.7 Å². The number of nitrogens with zero attached hydrogens (tertiary/aromatic N) is 3. The van der Waals surface area contributed by atoms with Crippen molar-refractivity contribution < 1.29 is 4.74 Å². The molecular formula is C22H19ClN4O2. The van der Waals surface area contributed by atoms with Gasteiger partial charge in [-0.05, 0) is 74.2 Å². The summed E-state index contributed by atoms with van der Waals surface area (Å²) in [5, 5.41) is 9.82. The molecule has 1 saturated carbocycles. The largest absolute Gasteiger partial charge is 0.490 e. The summed E-state index contributed by atoms with van der Waals surface area (Å²) in [6.07, 6.45) is 6.80. The summed E-state index contributed by atoms with van der Waals surface area (Å²) in [7, 11) is 0. The fourth-order valence-electron chi connectivity index (χ4n) is 3.76. The van der Waals surface area contributed by atoms with Crippen molar-refractivity contribution in [2.45, 2.75) is 31.8 Å².